The van der Waals surface area contributed by atoms with Crippen LogP contribution >= 0.6 is 0 Å². The van der Waals surface area contributed by atoms with Crippen molar-refractivity contribution in [1.29, 1.82) is 0 Å². The third-order valence-electron chi connectivity index (χ3n) is 5.76. The van der Waals surface area contributed by atoms with Crippen LogP contribution in [0.25, 0.3) is 0 Å². The first-order valence-electron chi connectivity index (χ1n) is 9.87. The van der Waals surface area contributed by atoms with Crippen LogP contribution in [0.2, 0.25) is 0 Å². The number of amides is 2. The molecule has 144 valence electrons. The van der Waals surface area contributed by atoms with Crippen LogP contribution in [-0.4, -0.2) is 47.2 Å². The molecule has 0 aliphatic carbocycles. The Morgan fingerprint density at radius 1 is 1.30 bits per heavy atom. The average Bonchev–Trinajstić information content (AvgIpc) is 2.93. The predicted octanol–water partition coefficient (Wildman–Crippen LogP) is 2.89. The summed E-state index contributed by atoms with van der Waals surface area (Å²) in [4.78, 5) is 19.4. The number of carbonyl (C=O) groups is 1. The Balaban J connectivity index is 1.37. The van der Waals surface area contributed by atoms with Crippen molar-refractivity contribution in [3.05, 3.63) is 47.0 Å². The molecule has 2 aliphatic heterocycles. The van der Waals surface area contributed by atoms with Crippen LogP contribution < -0.4 is 10.1 Å². The second kappa shape index (κ2) is 7.62. The van der Waals surface area contributed by atoms with Gasteiger partial charge in [0.2, 0.25) is 0 Å². The lowest BCUT2D eigenvalue weighted by molar-refractivity contribution is 0.198. The van der Waals surface area contributed by atoms with E-state index >= 15 is 0 Å². The fourth-order valence-electron chi connectivity index (χ4n) is 4.36. The van der Waals surface area contributed by atoms with Gasteiger partial charge >= 0.3 is 6.03 Å². The van der Waals surface area contributed by atoms with Gasteiger partial charge in [0, 0.05) is 38.3 Å². The smallest absolute Gasteiger partial charge is 0.317 e. The molecule has 0 fully saturated rings. The van der Waals surface area contributed by atoms with Crippen LogP contribution in [0, 0.1) is 6.92 Å². The van der Waals surface area contributed by atoms with E-state index in [1.165, 1.54) is 11.1 Å². The molecule has 1 N–H and O–H groups in total. The van der Waals surface area contributed by atoms with Crippen molar-refractivity contribution in [3.8, 4) is 5.75 Å². The lowest BCUT2D eigenvalue weighted by Gasteiger charge is -2.26. The summed E-state index contributed by atoms with van der Waals surface area (Å²) in [6, 6.07) is 6.20. The Kier molecular flexibility index (Phi) is 5.05. The van der Waals surface area contributed by atoms with E-state index in [4.69, 9.17) is 4.74 Å². The number of ether oxygens (including phenoxy) is 1. The first-order valence-corrected chi connectivity index (χ1v) is 9.87. The van der Waals surface area contributed by atoms with Crippen LogP contribution in [-0.2, 0) is 19.4 Å². The molecular weight excluding hydrogens is 340 g/mol. The van der Waals surface area contributed by atoms with Gasteiger partial charge in [0.25, 0.3) is 0 Å². The highest BCUT2D eigenvalue weighted by Gasteiger charge is 2.25. The standard InChI is InChI=1S/C21H28N4O2/c1-15-14-25-10-4-6-17(20(25)23-15)13-22-21(26)24-11-8-16-5-3-7-19(27-2)18(16)9-12-24/h3,5,7,14,17H,4,6,8-13H2,1-2H3,(H,22,26). The molecule has 6 heteroatoms. The summed E-state index contributed by atoms with van der Waals surface area (Å²) < 4.78 is 7.74. The minimum Gasteiger partial charge on any atom is -0.496 e. The summed E-state index contributed by atoms with van der Waals surface area (Å²) in [6.07, 6.45) is 6.04. The Labute approximate surface area is 160 Å². The summed E-state index contributed by atoms with van der Waals surface area (Å²) in [6.45, 7) is 5.18. The highest BCUT2D eigenvalue weighted by Crippen LogP contribution is 2.27. The highest BCUT2D eigenvalue weighted by molar-refractivity contribution is 5.74. The number of nitrogens with zero attached hydrogens (tertiary/aromatic N) is 3. The summed E-state index contributed by atoms with van der Waals surface area (Å²) in [5, 5.41) is 3.16. The van der Waals surface area contributed by atoms with Crippen molar-refractivity contribution in [3.63, 3.8) is 0 Å². The number of aryl methyl sites for hydroxylation is 2. The number of hydrogen-bond acceptors (Lipinski definition) is 3. The zero-order valence-corrected chi connectivity index (χ0v) is 16.2. The molecule has 4 rings (SSSR count). The highest BCUT2D eigenvalue weighted by atomic mass is 16.5. The molecule has 1 unspecified atom stereocenters. The van der Waals surface area contributed by atoms with E-state index in [9.17, 15) is 4.79 Å². The van der Waals surface area contributed by atoms with Crippen LogP contribution in [0.1, 0.15) is 41.4 Å². The van der Waals surface area contributed by atoms with Crippen molar-refractivity contribution in [2.24, 2.45) is 0 Å². The van der Waals surface area contributed by atoms with Gasteiger partial charge in [-0.05, 0) is 49.8 Å². The molecule has 2 aliphatic rings. The molecule has 0 spiro atoms. The molecule has 6 nitrogen and oxygen atoms in total. The summed E-state index contributed by atoms with van der Waals surface area (Å²) in [7, 11) is 1.71. The minimum atomic E-state index is 0.0298. The summed E-state index contributed by atoms with van der Waals surface area (Å²) in [5.41, 5.74) is 3.58. The van der Waals surface area contributed by atoms with Gasteiger partial charge < -0.3 is 19.5 Å². The van der Waals surface area contributed by atoms with Crippen LogP contribution in [0.3, 0.4) is 0 Å². The molecule has 1 atom stereocenters. The number of hydrogen-bond donors (Lipinski definition) is 1. The topological polar surface area (TPSA) is 59.4 Å². The number of imidazole rings is 1. The van der Waals surface area contributed by atoms with Gasteiger partial charge in [0.05, 0.1) is 12.8 Å². The number of nitrogens with one attached hydrogen (secondary N) is 1. The van der Waals surface area contributed by atoms with Gasteiger partial charge in [-0.3, -0.25) is 0 Å². The largest absolute Gasteiger partial charge is 0.496 e. The number of fused-ring (bicyclic) bond motifs is 2. The Bertz CT molecular complexity index is 830. The Hall–Kier alpha value is -2.50. The second-order valence-corrected chi connectivity index (χ2v) is 7.54. The number of aromatic nitrogens is 2. The van der Waals surface area contributed by atoms with E-state index in [1.807, 2.05) is 24.0 Å². The minimum absolute atomic E-state index is 0.0298. The summed E-state index contributed by atoms with van der Waals surface area (Å²) >= 11 is 0. The maximum absolute atomic E-state index is 12.8. The molecule has 2 amide bonds. The normalized spacial score (nSPS) is 19.0. The van der Waals surface area contributed by atoms with E-state index < -0.39 is 0 Å². The fourth-order valence-corrected chi connectivity index (χ4v) is 4.36. The van der Waals surface area contributed by atoms with Gasteiger partial charge in [-0.25, -0.2) is 9.78 Å². The van der Waals surface area contributed by atoms with Crippen LogP contribution in [0.5, 0.6) is 5.75 Å². The van der Waals surface area contributed by atoms with E-state index in [2.05, 4.69) is 27.1 Å². The predicted molar refractivity (Wildman–Crippen MR) is 104 cm³/mol. The average molecular weight is 368 g/mol. The molecule has 1 aromatic carbocycles. The van der Waals surface area contributed by atoms with Gasteiger partial charge in [-0.15, -0.1) is 0 Å². The lowest BCUT2D eigenvalue weighted by Crippen LogP contribution is -2.43. The van der Waals surface area contributed by atoms with Crippen molar-refractivity contribution in [1.82, 2.24) is 19.8 Å². The van der Waals surface area contributed by atoms with E-state index in [0.717, 1.165) is 62.6 Å². The SMILES string of the molecule is COc1cccc2c1CCN(C(=O)NCC1CCCn3cc(C)nc31)CC2. The first-order chi connectivity index (χ1) is 13.2. The number of methoxy groups -OCH3 is 1. The zero-order chi connectivity index (χ0) is 18.8. The molecule has 27 heavy (non-hydrogen) atoms. The third kappa shape index (κ3) is 3.66. The zero-order valence-electron chi connectivity index (χ0n) is 16.2. The van der Waals surface area contributed by atoms with E-state index in [-0.39, 0.29) is 6.03 Å². The molecular formula is C21H28N4O2. The van der Waals surface area contributed by atoms with Crippen LogP contribution in [0.15, 0.2) is 24.4 Å². The molecule has 0 bridgehead atoms. The van der Waals surface area contributed by atoms with E-state index in [1.54, 1.807) is 7.11 Å². The lowest BCUT2D eigenvalue weighted by atomic mass is 9.99. The molecule has 2 aromatic rings. The molecule has 0 saturated carbocycles. The van der Waals surface area contributed by atoms with Gasteiger partial charge in [0.15, 0.2) is 0 Å². The molecule has 0 saturated heterocycles. The quantitative estimate of drug-likeness (QED) is 0.906. The number of rotatable bonds is 3. The second-order valence-electron chi connectivity index (χ2n) is 7.54. The van der Waals surface area contributed by atoms with Gasteiger partial charge in [-0.2, -0.15) is 0 Å². The number of urea groups is 1. The number of benzene rings is 1. The van der Waals surface area contributed by atoms with Crippen molar-refractivity contribution >= 4 is 6.03 Å². The Morgan fingerprint density at radius 3 is 3.00 bits per heavy atom. The molecule has 1 aromatic heterocycles. The van der Waals surface area contributed by atoms with E-state index in [0.29, 0.717) is 12.5 Å². The van der Waals surface area contributed by atoms with Gasteiger partial charge in [0.1, 0.15) is 11.6 Å². The first kappa shape index (κ1) is 17.9. The Morgan fingerprint density at radius 2 is 2.15 bits per heavy atom. The summed E-state index contributed by atoms with van der Waals surface area (Å²) in [5.74, 6) is 2.35. The maximum atomic E-state index is 12.8. The van der Waals surface area contributed by atoms with Crippen LogP contribution in [0.4, 0.5) is 4.79 Å². The monoisotopic (exact) mass is 368 g/mol. The van der Waals surface area contributed by atoms with Crippen molar-refractivity contribution in [2.45, 2.75) is 45.1 Å². The molecule has 0 radical (unpaired) electrons. The van der Waals surface area contributed by atoms with Gasteiger partial charge in [-0.1, -0.05) is 12.1 Å². The fraction of sp³-hybridized carbons (Fsp3) is 0.524. The van der Waals surface area contributed by atoms with Crippen molar-refractivity contribution in [2.75, 3.05) is 26.7 Å². The third-order valence-corrected chi connectivity index (χ3v) is 5.76. The molecule has 3 heterocycles. The number of carbonyl (C=O) groups excluding carboxylic acids is 1. The maximum Gasteiger partial charge on any atom is 0.317 e. The van der Waals surface area contributed by atoms with Crippen molar-refractivity contribution < 1.29 is 9.53 Å².